The lowest BCUT2D eigenvalue weighted by Crippen LogP contribution is -2.09. The van der Waals surface area contributed by atoms with E-state index in [0.717, 1.165) is 62.7 Å². The van der Waals surface area contributed by atoms with Gasteiger partial charge in [0.15, 0.2) is 0 Å². The topological polar surface area (TPSA) is 38.5 Å². The molecule has 0 atom stereocenters. The molecule has 10 rings (SSSR count). The molecule has 0 unspecified atom stereocenters. The monoisotopic (exact) mass is 720 g/mol. The molecule has 0 spiro atoms. The molecule has 0 amide bonds. The maximum Gasteiger partial charge on any atom is 0.127 e. The predicted octanol–water partition coefficient (Wildman–Crippen LogP) is 13.6. The molecule has 8 aromatic carbocycles. The van der Waals surface area contributed by atoms with Gasteiger partial charge in [-0.3, -0.25) is 0 Å². The third kappa shape index (κ3) is 6.14. The van der Waals surface area contributed by atoms with Crippen LogP contribution in [0.4, 0.5) is 22.7 Å². The van der Waals surface area contributed by atoms with Crippen LogP contribution in [0.3, 0.4) is 0 Å². The molecule has 56 heavy (non-hydrogen) atoms. The zero-order valence-corrected chi connectivity index (χ0v) is 31.2. The van der Waals surface area contributed by atoms with Gasteiger partial charge >= 0.3 is 0 Å². The van der Waals surface area contributed by atoms with E-state index in [-0.39, 0.29) is 0 Å². The van der Waals surface area contributed by atoms with E-state index < -0.39 is 0 Å². The Morgan fingerprint density at radius 3 is 1.82 bits per heavy atom. The summed E-state index contributed by atoms with van der Waals surface area (Å²) in [5.74, 6) is 0.935. The standard InChI is InChI=1S/C53H40N2O/c1-35-14-28-49-43(34-56-53(49)30-35)32-42-31-40(21-29-52(42)54)38-17-24-45(25-18-38)55(44-22-15-37(16-23-44)36-8-3-2-4-9-36)46-26-19-39(20-27-46)47-12-7-13-50-48-11-6-5-10-41(48)33-51(47)50/h2-32H,33-34,54H2,1H3/b43-32+. The number of ether oxygens (including phenoxy) is 1. The van der Waals surface area contributed by atoms with Gasteiger partial charge in [0.05, 0.1) is 0 Å². The van der Waals surface area contributed by atoms with E-state index >= 15 is 0 Å². The zero-order valence-electron chi connectivity index (χ0n) is 31.2. The normalized spacial score (nSPS) is 13.2. The Morgan fingerprint density at radius 2 is 1.09 bits per heavy atom. The van der Waals surface area contributed by atoms with Crippen LogP contribution in [0.15, 0.2) is 182 Å². The summed E-state index contributed by atoms with van der Waals surface area (Å²) < 4.78 is 6.00. The van der Waals surface area contributed by atoms with Gasteiger partial charge < -0.3 is 15.4 Å². The summed E-state index contributed by atoms with van der Waals surface area (Å²) in [5.41, 5.74) is 27.7. The summed E-state index contributed by atoms with van der Waals surface area (Å²) in [7, 11) is 0. The van der Waals surface area contributed by atoms with Crippen molar-refractivity contribution in [3.05, 3.63) is 210 Å². The van der Waals surface area contributed by atoms with Crippen molar-refractivity contribution >= 4 is 34.4 Å². The molecule has 3 heteroatoms. The highest BCUT2D eigenvalue weighted by Crippen LogP contribution is 2.43. The summed E-state index contributed by atoms with van der Waals surface area (Å²) in [4.78, 5) is 2.34. The van der Waals surface area contributed by atoms with Crippen LogP contribution >= 0.6 is 0 Å². The Morgan fingerprint density at radius 1 is 0.500 bits per heavy atom. The minimum atomic E-state index is 0.544. The van der Waals surface area contributed by atoms with Crippen LogP contribution in [-0.4, -0.2) is 6.61 Å². The van der Waals surface area contributed by atoms with Crippen LogP contribution in [0.2, 0.25) is 0 Å². The van der Waals surface area contributed by atoms with Crippen molar-refractivity contribution in [2.45, 2.75) is 13.3 Å². The van der Waals surface area contributed by atoms with E-state index in [1.807, 2.05) is 6.07 Å². The average Bonchev–Trinajstić information content (AvgIpc) is 3.83. The Labute approximate surface area is 328 Å². The maximum atomic E-state index is 6.53. The first kappa shape index (κ1) is 33.5. The molecule has 0 radical (unpaired) electrons. The molecule has 1 aliphatic carbocycles. The average molecular weight is 721 g/mol. The van der Waals surface area contributed by atoms with Gasteiger partial charge in [0.2, 0.25) is 0 Å². The lowest BCUT2D eigenvalue weighted by atomic mass is 9.95. The first-order valence-corrected chi connectivity index (χ1v) is 19.3. The fourth-order valence-corrected chi connectivity index (χ4v) is 8.34. The second kappa shape index (κ2) is 14.0. The maximum absolute atomic E-state index is 6.53. The number of benzene rings is 8. The second-order valence-electron chi connectivity index (χ2n) is 14.8. The fourth-order valence-electron chi connectivity index (χ4n) is 8.34. The third-order valence-corrected chi connectivity index (χ3v) is 11.3. The number of fused-ring (bicyclic) bond motifs is 4. The zero-order chi connectivity index (χ0) is 37.6. The molecule has 268 valence electrons. The quantitative estimate of drug-likeness (QED) is 0.167. The largest absolute Gasteiger partial charge is 0.488 e. The Bertz CT molecular complexity index is 2760. The number of aryl methyl sites for hydroxylation is 1. The van der Waals surface area contributed by atoms with Gasteiger partial charge in [-0.1, -0.05) is 127 Å². The number of nitrogens with two attached hydrogens (primary N) is 1. The number of hydrogen-bond acceptors (Lipinski definition) is 3. The van der Waals surface area contributed by atoms with Crippen LogP contribution in [0.25, 0.3) is 56.2 Å². The highest BCUT2D eigenvalue weighted by molar-refractivity contribution is 5.91. The van der Waals surface area contributed by atoms with Crippen molar-refractivity contribution in [3.63, 3.8) is 0 Å². The van der Waals surface area contributed by atoms with Crippen molar-refractivity contribution in [2.24, 2.45) is 0 Å². The Hall–Kier alpha value is -7.10. The summed E-state index contributed by atoms with van der Waals surface area (Å²) in [6, 6.07) is 65.5. The SMILES string of the molecule is Cc1ccc2c(c1)OC/C2=C\c1cc(-c2ccc(N(c3ccc(-c4ccccc4)cc3)c3ccc(-c4cccc5c4Cc4ccccc4-5)cc3)cc2)ccc1N. The molecule has 0 saturated heterocycles. The number of anilines is 4. The van der Waals surface area contributed by atoms with Gasteiger partial charge in [-0.25, -0.2) is 0 Å². The lowest BCUT2D eigenvalue weighted by Gasteiger charge is -2.26. The first-order valence-electron chi connectivity index (χ1n) is 19.3. The molecule has 8 aromatic rings. The molecule has 2 aliphatic rings. The molecule has 0 aromatic heterocycles. The number of nitrogen functional groups attached to an aromatic ring is 1. The van der Waals surface area contributed by atoms with Gasteiger partial charge in [-0.2, -0.15) is 0 Å². The Balaban J connectivity index is 0.990. The van der Waals surface area contributed by atoms with Crippen LogP contribution in [0.5, 0.6) is 5.75 Å². The van der Waals surface area contributed by atoms with Crippen molar-refractivity contribution in [2.75, 3.05) is 17.2 Å². The van der Waals surface area contributed by atoms with Crippen LogP contribution in [-0.2, 0) is 6.42 Å². The van der Waals surface area contributed by atoms with E-state index in [0.29, 0.717) is 6.61 Å². The molecule has 1 heterocycles. The van der Waals surface area contributed by atoms with Crippen LogP contribution < -0.4 is 15.4 Å². The van der Waals surface area contributed by atoms with Crippen molar-refractivity contribution < 1.29 is 4.74 Å². The lowest BCUT2D eigenvalue weighted by molar-refractivity contribution is 0.388. The van der Waals surface area contributed by atoms with Crippen molar-refractivity contribution in [1.29, 1.82) is 0 Å². The van der Waals surface area contributed by atoms with Gasteiger partial charge in [0.1, 0.15) is 12.4 Å². The summed E-state index contributed by atoms with van der Waals surface area (Å²) >= 11 is 0. The number of rotatable bonds is 7. The van der Waals surface area contributed by atoms with E-state index in [2.05, 4.69) is 194 Å². The van der Waals surface area contributed by atoms with Gasteiger partial charge in [0.25, 0.3) is 0 Å². The summed E-state index contributed by atoms with van der Waals surface area (Å²) in [6.45, 7) is 2.63. The highest BCUT2D eigenvalue weighted by Gasteiger charge is 2.22. The van der Waals surface area contributed by atoms with Gasteiger partial charge in [0, 0.05) is 33.9 Å². The van der Waals surface area contributed by atoms with E-state index in [1.54, 1.807) is 0 Å². The second-order valence-corrected chi connectivity index (χ2v) is 14.8. The molecular weight excluding hydrogens is 681 g/mol. The van der Waals surface area contributed by atoms with E-state index in [1.165, 1.54) is 50.1 Å². The number of nitrogens with zero attached hydrogens (tertiary/aromatic N) is 1. The molecule has 0 fully saturated rings. The molecule has 3 nitrogen and oxygen atoms in total. The summed E-state index contributed by atoms with van der Waals surface area (Å²) in [6.07, 6.45) is 3.13. The first-order chi connectivity index (χ1) is 27.6. The smallest absolute Gasteiger partial charge is 0.127 e. The molecule has 2 N–H and O–H groups in total. The minimum absolute atomic E-state index is 0.544. The molecular formula is C53H40N2O. The van der Waals surface area contributed by atoms with E-state index in [4.69, 9.17) is 10.5 Å². The van der Waals surface area contributed by atoms with Crippen LogP contribution in [0, 0.1) is 6.92 Å². The third-order valence-electron chi connectivity index (χ3n) is 11.3. The number of hydrogen-bond donors (Lipinski definition) is 1. The van der Waals surface area contributed by atoms with Crippen molar-refractivity contribution in [3.8, 4) is 50.3 Å². The van der Waals surface area contributed by atoms with Gasteiger partial charge in [-0.05, 0) is 141 Å². The minimum Gasteiger partial charge on any atom is -0.488 e. The molecule has 0 bridgehead atoms. The predicted molar refractivity (Wildman–Crippen MR) is 235 cm³/mol. The van der Waals surface area contributed by atoms with Gasteiger partial charge in [-0.15, -0.1) is 0 Å². The summed E-state index contributed by atoms with van der Waals surface area (Å²) in [5, 5.41) is 0. The Kier molecular flexibility index (Phi) is 8.34. The molecule has 1 aliphatic heterocycles. The molecule has 0 saturated carbocycles. The fraction of sp³-hybridized carbons (Fsp3) is 0.0566. The van der Waals surface area contributed by atoms with E-state index in [9.17, 15) is 0 Å². The highest BCUT2D eigenvalue weighted by atomic mass is 16.5. The van der Waals surface area contributed by atoms with Crippen molar-refractivity contribution in [1.82, 2.24) is 0 Å². The van der Waals surface area contributed by atoms with Crippen LogP contribution in [0.1, 0.15) is 27.8 Å².